The zero-order chi connectivity index (χ0) is 14.3. The van der Waals surface area contributed by atoms with Gasteiger partial charge in [0.2, 0.25) is 5.95 Å². The number of thiophene rings is 1. The van der Waals surface area contributed by atoms with E-state index in [1.54, 1.807) is 0 Å². The third kappa shape index (κ3) is 2.13. The van der Waals surface area contributed by atoms with Crippen LogP contribution in [0.2, 0.25) is 0 Å². The number of hydrogen-bond donors (Lipinski definition) is 3. The van der Waals surface area contributed by atoms with Gasteiger partial charge in [-0.1, -0.05) is 6.92 Å². The molecule has 2 aromatic heterocycles. The highest BCUT2D eigenvalue weighted by Gasteiger charge is 2.29. The number of fused-ring (bicyclic) bond motifs is 3. The average molecular weight is 291 g/mol. The summed E-state index contributed by atoms with van der Waals surface area (Å²) in [5.74, 6) is 2.41. The minimum absolute atomic E-state index is 0.344. The molecule has 1 aliphatic rings. The minimum atomic E-state index is 0.344. The van der Waals surface area contributed by atoms with Crippen LogP contribution in [0.1, 0.15) is 36.1 Å². The molecule has 108 valence electrons. The monoisotopic (exact) mass is 291 g/mol. The topological polar surface area (TPSA) is 89.8 Å². The summed E-state index contributed by atoms with van der Waals surface area (Å²) in [5, 5.41) is 3.13. The lowest BCUT2D eigenvalue weighted by atomic mass is 9.80. The number of nitrogen functional groups attached to an aromatic ring is 1. The van der Waals surface area contributed by atoms with E-state index in [-0.39, 0.29) is 0 Å². The van der Waals surface area contributed by atoms with Gasteiger partial charge in [0.15, 0.2) is 0 Å². The molecular weight excluding hydrogens is 270 g/mol. The van der Waals surface area contributed by atoms with Crippen LogP contribution in [0.4, 0.5) is 11.8 Å². The van der Waals surface area contributed by atoms with Crippen LogP contribution in [0, 0.1) is 5.92 Å². The number of rotatable bonds is 3. The molecule has 3 rings (SSSR count). The number of nitrogens with one attached hydrogen (secondary N) is 1. The molecule has 1 aliphatic carbocycles. The van der Waals surface area contributed by atoms with Crippen molar-refractivity contribution in [2.24, 2.45) is 11.7 Å². The maximum Gasteiger partial charge on any atom is 0.222 e. The summed E-state index contributed by atoms with van der Waals surface area (Å²) in [4.78, 5) is 10.2. The SMILES string of the molecule is CNc1nc(N)nc2c3c(sc12)C(CCN)CC(C)C3. The lowest BCUT2D eigenvalue weighted by Crippen LogP contribution is -2.17. The molecule has 6 heteroatoms. The fourth-order valence-electron chi connectivity index (χ4n) is 3.23. The molecule has 0 bridgehead atoms. The minimum Gasteiger partial charge on any atom is -0.372 e. The Hall–Kier alpha value is -1.40. The number of nitrogens with zero attached hydrogens (tertiary/aromatic N) is 2. The van der Waals surface area contributed by atoms with Crippen LogP contribution in [0.25, 0.3) is 10.2 Å². The zero-order valence-electron chi connectivity index (χ0n) is 11.9. The largest absolute Gasteiger partial charge is 0.372 e. The van der Waals surface area contributed by atoms with E-state index in [1.165, 1.54) is 16.9 Å². The highest BCUT2D eigenvalue weighted by Crippen LogP contribution is 2.46. The van der Waals surface area contributed by atoms with Gasteiger partial charge in [0.05, 0.1) is 10.2 Å². The first-order chi connectivity index (χ1) is 9.63. The van der Waals surface area contributed by atoms with Crippen molar-refractivity contribution >= 4 is 33.3 Å². The van der Waals surface area contributed by atoms with Crippen LogP contribution in [0.15, 0.2) is 0 Å². The first-order valence-corrected chi connectivity index (χ1v) is 7.92. The van der Waals surface area contributed by atoms with E-state index in [0.717, 1.165) is 35.4 Å². The Balaban J connectivity index is 2.21. The molecule has 0 saturated carbocycles. The predicted octanol–water partition coefficient (Wildman–Crippen LogP) is 2.33. The van der Waals surface area contributed by atoms with E-state index in [4.69, 9.17) is 11.5 Å². The molecule has 0 fully saturated rings. The van der Waals surface area contributed by atoms with Crippen LogP contribution >= 0.6 is 11.3 Å². The Bertz CT molecular complexity index is 636. The summed E-state index contributed by atoms with van der Waals surface area (Å²) in [5.41, 5.74) is 14.0. The molecule has 0 saturated heterocycles. The van der Waals surface area contributed by atoms with Gasteiger partial charge in [-0.2, -0.15) is 4.98 Å². The van der Waals surface area contributed by atoms with Crippen LogP contribution in [0.3, 0.4) is 0 Å². The predicted molar refractivity (Wildman–Crippen MR) is 85.3 cm³/mol. The Labute approximate surface area is 122 Å². The highest BCUT2D eigenvalue weighted by atomic mass is 32.1. The van der Waals surface area contributed by atoms with Gasteiger partial charge in [0.25, 0.3) is 0 Å². The number of nitrogens with two attached hydrogens (primary N) is 2. The molecule has 0 radical (unpaired) electrons. The summed E-state index contributed by atoms with van der Waals surface area (Å²) < 4.78 is 1.13. The third-order valence-corrected chi connectivity index (χ3v) is 5.43. The van der Waals surface area contributed by atoms with Crippen LogP contribution < -0.4 is 16.8 Å². The van der Waals surface area contributed by atoms with Crippen molar-refractivity contribution in [2.45, 2.75) is 32.1 Å². The van der Waals surface area contributed by atoms with E-state index in [9.17, 15) is 0 Å². The molecule has 20 heavy (non-hydrogen) atoms. The van der Waals surface area contributed by atoms with E-state index < -0.39 is 0 Å². The smallest absolute Gasteiger partial charge is 0.222 e. The van der Waals surface area contributed by atoms with Crippen molar-refractivity contribution in [3.63, 3.8) is 0 Å². The van der Waals surface area contributed by atoms with E-state index in [1.807, 2.05) is 18.4 Å². The molecule has 0 aliphatic heterocycles. The van der Waals surface area contributed by atoms with Gasteiger partial charge in [0, 0.05) is 11.9 Å². The number of hydrogen-bond acceptors (Lipinski definition) is 6. The molecule has 0 amide bonds. The van der Waals surface area contributed by atoms with Crippen molar-refractivity contribution in [1.82, 2.24) is 9.97 Å². The fourth-order valence-corrected chi connectivity index (χ4v) is 4.64. The molecule has 5 nitrogen and oxygen atoms in total. The first-order valence-electron chi connectivity index (χ1n) is 7.10. The standard InChI is InChI=1S/C14H21N5S/c1-7-5-8(3-4-15)11-9(6-7)10-12(20-11)13(17-2)19-14(16)18-10/h7-8H,3-6,15H2,1-2H3,(H3,16,17,18,19). The second-order valence-electron chi connectivity index (χ2n) is 5.62. The molecule has 0 aromatic carbocycles. The second kappa shape index (κ2) is 5.18. The molecule has 5 N–H and O–H groups in total. The zero-order valence-corrected chi connectivity index (χ0v) is 12.8. The van der Waals surface area contributed by atoms with Crippen molar-refractivity contribution in [3.8, 4) is 0 Å². The van der Waals surface area contributed by atoms with Gasteiger partial charge in [-0.25, -0.2) is 4.98 Å². The quantitative estimate of drug-likeness (QED) is 0.807. The molecule has 2 heterocycles. The second-order valence-corrected chi connectivity index (χ2v) is 6.67. The normalized spacial score (nSPS) is 21.9. The summed E-state index contributed by atoms with van der Waals surface area (Å²) in [6.07, 6.45) is 3.34. The molecule has 0 spiro atoms. The number of aromatic nitrogens is 2. The van der Waals surface area contributed by atoms with Gasteiger partial charge >= 0.3 is 0 Å². The van der Waals surface area contributed by atoms with Gasteiger partial charge in [0.1, 0.15) is 5.82 Å². The molecule has 2 atom stereocenters. The third-order valence-electron chi connectivity index (χ3n) is 4.04. The average Bonchev–Trinajstić information content (AvgIpc) is 2.77. The van der Waals surface area contributed by atoms with E-state index in [0.29, 0.717) is 17.8 Å². The Morgan fingerprint density at radius 1 is 1.40 bits per heavy atom. The van der Waals surface area contributed by atoms with Crippen LogP contribution in [-0.2, 0) is 6.42 Å². The summed E-state index contributed by atoms with van der Waals surface area (Å²) in [6.45, 7) is 3.04. The molecule has 2 unspecified atom stereocenters. The maximum atomic E-state index is 5.84. The summed E-state index contributed by atoms with van der Waals surface area (Å²) in [7, 11) is 1.87. The summed E-state index contributed by atoms with van der Waals surface area (Å²) >= 11 is 1.81. The Kier molecular flexibility index (Phi) is 3.52. The summed E-state index contributed by atoms with van der Waals surface area (Å²) in [6, 6.07) is 0. The van der Waals surface area contributed by atoms with Gasteiger partial charge in [-0.05, 0) is 43.2 Å². The fraction of sp³-hybridized carbons (Fsp3) is 0.571. The first kappa shape index (κ1) is 13.6. The van der Waals surface area contributed by atoms with Crippen LogP contribution in [-0.4, -0.2) is 23.6 Å². The van der Waals surface area contributed by atoms with Crippen molar-refractivity contribution in [2.75, 3.05) is 24.6 Å². The van der Waals surface area contributed by atoms with Gasteiger partial charge in [-0.15, -0.1) is 11.3 Å². The maximum absolute atomic E-state index is 5.84. The van der Waals surface area contributed by atoms with Crippen molar-refractivity contribution in [3.05, 3.63) is 10.4 Å². The van der Waals surface area contributed by atoms with Crippen molar-refractivity contribution < 1.29 is 0 Å². The lowest BCUT2D eigenvalue weighted by Gasteiger charge is -2.26. The van der Waals surface area contributed by atoms with Crippen molar-refractivity contribution in [1.29, 1.82) is 0 Å². The Morgan fingerprint density at radius 2 is 2.20 bits per heavy atom. The molecular formula is C14H21N5S. The molecule has 2 aromatic rings. The van der Waals surface area contributed by atoms with E-state index >= 15 is 0 Å². The van der Waals surface area contributed by atoms with Gasteiger partial charge < -0.3 is 16.8 Å². The number of anilines is 2. The lowest BCUT2D eigenvalue weighted by molar-refractivity contribution is 0.426. The Morgan fingerprint density at radius 3 is 2.90 bits per heavy atom. The van der Waals surface area contributed by atoms with E-state index in [2.05, 4.69) is 22.2 Å². The van der Waals surface area contributed by atoms with Crippen LogP contribution in [0.5, 0.6) is 0 Å². The van der Waals surface area contributed by atoms with Gasteiger partial charge in [-0.3, -0.25) is 0 Å². The highest BCUT2D eigenvalue weighted by molar-refractivity contribution is 7.20.